The molecule has 4 heteroatoms. The monoisotopic (exact) mass is 300 g/mol. The first-order valence-corrected chi connectivity index (χ1v) is 10.6. The number of benzene rings is 1. The van der Waals surface area contributed by atoms with Crippen LogP contribution in [0.25, 0.3) is 5.57 Å². The molecule has 0 amide bonds. The number of hydrogen-bond acceptors (Lipinski definition) is 3. The molecule has 0 N–H and O–H groups in total. The highest BCUT2D eigenvalue weighted by Crippen LogP contribution is 2.42. The third-order valence-corrected chi connectivity index (χ3v) is 5.33. The molecule has 21 heavy (non-hydrogen) atoms. The number of esters is 1. The van der Waals surface area contributed by atoms with Crippen LogP contribution in [0.1, 0.15) is 12.5 Å². The third-order valence-electron chi connectivity index (χ3n) is 3.35. The van der Waals surface area contributed by atoms with E-state index in [9.17, 15) is 9.59 Å². The molecule has 110 valence electrons. The fourth-order valence-electron chi connectivity index (χ4n) is 2.49. The highest BCUT2D eigenvalue weighted by molar-refractivity contribution is 6.91. The van der Waals surface area contributed by atoms with Gasteiger partial charge in [0.25, 0.3) is 0 Å². The van der Waals surface area contributed by atoms with Crippen LogP contribution in [0.5, 0.6) is 0 Å². The van der Waals surface area contributed by atoms with E-state index in [2.05, 4.69) is 19.6 Å². The molecule has 0 atom stereocenters. The summed E-state index contributed by atoms with van der Waals surface area (Å²) in [6, 6.07) is 9.76. The molecule has 1 aliphatic rings. The first kappa shape index (κ1) is 15.4. The maximum absolute atomic E-state index is 12.4. The topological polar surface area (TPSA) is 43.4 Å². The normalized spacial score (nSPS) is 17.0. The zero-order valence-corrected chi connectivity index (χ0v) is 13.9. The van der Waals surface area contributed by atoms with Crippen LogP contribution in [0.15, 0.2) is 47.2 Å². The van der Waals surface area contributed by atoms with Gasteiger partial charge in [0.2, 0.25) is 0 Å². The quantitative estimate of drug-likeness (QED) is 0.486. The van der Waals surface area contributed by atoms with Crippen molar-refractivity contribution in [3.63, 3.8) is 0 Å². The molecule has 0 spiro atoms. The lowest BCUT2D eigenvalue weighted by molar-refractivity contribution is -0.137. The van der Waals surface area contributed by atoms with Gasteiger partial charge < -0.3 is 4.74 Å². The van der Waals surface area contributed by atoms with Crippen molar-refractivity contribution in [1.29, 1.82) is 0 Å². The van der Waals surface area contributed by atoms with E-state index in [0.717, 1.165) is 16.3 Å². The molecular weight excluding hydrogens is 280 g/mol. The minimum absolute atomic E-state index is 0.000993. The van der Waals surface area contributed by atoms with E-state index in [-0.39, 0.29) is 5.78 Å². The minimum atomic E-state index is -1.76. The van der Waals surface area contributed by atoms with Crippen molar-refractivity contribution < 1.29 is 14.3 Å². The minimum Gasteiger partial charge on any atom is -0.463 e. The van der Waals surface area contributed by atoms with E-state index in [1.165, 1.54) is 6.08 Å². The van der Waals surface area contributed by atoms with E-state index in [0.29, 0.717) is 12.2 Å². The van der Waals surface area contributed by atoms with Gasteiger partial charge in [0.1, 0.15) is 0 Å². The van der Waals surface area contributed by atoms with Crippen LogP contribution in [-0.2, 0) is 14.3 Å². The molecule has 2 rings (SSSR count). The number of ketones is 1. The summed E-state index contributed by atoms with van der Waals surface area (Å²) in [5.74, 6) is -0.454. The third kappa shape index (κ3) is 3.05. The van der Waals surface area contributed by atoms with Crippen molar-refractivity contribution in [2.45, 2.75) is 26.6 Å². The first-order chi connectivity index (χ1) is 9.86. The fourth-order valence-corrected chi connectivity index (χ4v) is 4.34. The van der Waals surface area contributed by atoms with Crippen LogP contribution < -0.4 is 0 Å². The van der Waals surface area contributed by atoms with E-state index in [4.69, 9.17) is 4.74 Å². The Labute approximate surface area is 126 Å². The Bertz CT molecular complexity index is 634. The average molecular weight is 300 g/mol. The number of allylic oxidation sites excluding steroid dienone is 3. The molecule has 0 heterocycles. The van der Waals surface area contributed by atoms with E-state index in [1.807, 2.05) is 30.3 Å². The molecule has 0 unspecified atom stereocenters. The molecule has 0 fully saturated rings. The van der Waals surface area contributed by atoms with Crippen LogP contribution in [0.3, 0.4) is 0 Å². The predicted molar refractivity (Wildman–Crippen MR) is 86.4 cm³/mol. The van der Waals surface area contributed by atoms with Crippen LogP contribution >= 0.6 is 0 Å². The summed E-state index contributed by atoms with van der Waals surface area (Å²) in [4.78, 5) is 24.1. The predicted octanol–water partition coefficient (Wildman–Crippen LogP) is 3.39. The van der Waals surface area contributed by atoms with Crippen LogP contribution in [0.4, 0.5) is 0 Å². The van der Waals surface area contributed by atoms with Gasteiger partial charge in [-0.05, 0) is 23.3 Å². The van der Waals surface area contributed by atoms with Crippen molar-refractivity contribution in [2.24, 2.45) is 0 Å². The van der Waals surface area contributed by atoms with Gasteiger partial charge in [0.05, 0.1) is 14.7 Å². The number of rotatable bonds is 4. The van der Waals surface area contributed by atoms with Crippen LogP contribution in [-0.4, -0.2) is 26.4 Å². The van der Waals surface area contributed by atoms with E-state index in [1.54, 1.807) is 6.92 Å². The molecule has 1 aromatic rings. The largest absolute Gasteiger partial charge is 0.463 e. The number of ether oxygens (including phenoxy) is 1. The summed E-state index contributed by atoms with van der Waals surface area (Å²) in [5.41, 5.74) is 2.40. The van der Waals surface area contributed by atoms with Crippen molar-refractivity contribution in [1.82, 2.24) is 0 Å². The van der Waals surface area contributed by atoms with Crippen LogP contribution in [0, 0.1) is 0 Å². The summed E-state index contributed by atoms with van der Waals surface area (Å²) < 4.78 is 4.92. The summed E-state index contributed by atoms with van der Waals surface area (Å²) >= 11 is 0. The van der Waals surface area contributed by atoms with Gasteiger partial charge in [-0.1, -0.05) is 50.0 Å². The molecule has 1 aromatic carbocycles. The van der Waals surface area contributed by atoms with Crippen molar-refractivity contribution in [3.8, 4) is 0 Å². The zero-order chi connectivity index (χ0) is 15.6. The van der Waals surface area contributed by atoms with Crippen LogP contribution in [0.2, 0.25) is 19.6 Å². The lowest BCUT2D eigenvalue weighted by atomic mass is 9.84. The van der Waals surface area contributed by atoms with Gasteiger partial charge in [-0.15, -0.1) is 0 Å². The van der Waals surface area contributed by atoms with Gasteiger partial charge in [-0.3, -0.25) is 4.79 Å². The van der Waals surface area contributed by atoms with Gasteiger partial charge in [0, 0.05) is 11.6 Å². The molecule has 0 bridgehead atoms. The Balaban J connectivity index is 2.53. The van der Waals surface area contributed by atoms with Gasteiger partial charge in [-0.2, -0.15) is 0 Å². The van der Waals surface area contributed by atoms with E-state index < -0.39 is 14.0 Å². The summed E-state index contributed by atoms with van der Waals surface area (Å²) in [7, 11) is -1.76. The lowest BCUT2D eigenvalue weighted by Gasteiger charge is -2.33. The van der Waals surface area contributed by atoms with Crippen molar-refractivity contribution >= 4 is 25.4 Å². The molecule has 0 saturated carbocycles. The first-order valence-electron chi connectivity index (χ1n) is 7.10. The summed E-state index contributed by atoms with van der Waals surface area (Å²) in [6.07, 6.45) is 1.33. The Morgan fingerprint density at radius 1 is 1.19 bits per heavy atom. The lowest BCUT2D eigenvalue weighted by Crippen LogP contribution is -2.38. The number of Topliss-reactive ketones (excluding diaryl/α,β-unsaturated/α-hetero) is 1. The Morgan fingerprint density at radius 2 is 1.81 bits per heavy atom. The highest BCUT2D eigenvalue weighted by atomic mass is 28.3. The van der Waals surface area contributed by atoms with Gasteiger partial charge in [-0.25, -0.2) is 4.79 Å². The second kappa shape index (κ2) is 5.82. The average Bonchev–Trinajstić information content (AvgIpc) is 2.41. The summed E-state index contributed by atoms with van der Waals surface area (Å²) in [5, 5.41) is 0.907. The Hall–Kier alpha value is -1.94. The molecular formula is C17H20O3Si. The van der Waals surface area contributed by atoms with Crippen molar-refractivity contribution in [3.05, 3.63) is 52.7 Å². The smallest absolute Gasteiger partial charge is 0.331 e. The Morgan fingerprint density at radius 3 is 2.33 bits per heavy atom. The molecule has 3 nitrogen and oxygen atoms in total. The molecule has 0 aliphatic heterocycles. The van der Waals surface area contributed by atoms with Gasteiger partial charge in [0.15, 0.2) is 5.78 Å². The molecule has 0 radical (unpaired) electrons. The number of hydrogen-bond donors (Lipinski definition) is 0. The maximum Gasteiger partial charge on any atom is 0.331 e. The second-order valence-electron chi connectivity index (χ2n) is 6.01. The summed E-state index contributed by atoms with van der Waals surface area (Å²) in [6.45, 7) is 8.49. The SMILES string of the molecule is CCOC(=O)/C=C1/C(=O)C([Si](C)(C)C)=C1c1ccccc1. The fraction of sp³-hybridized carbons (Fsp3) is 0.294. The Kier molecular flexibility index (Phi) is 4.28. The zero-order valence-electron chi connectivity index (χ0n) is 12.9. The van der Waals surface area contributed by atoms with E-state index >= 15 is 0 Å². The van der Waals surface area contributed by atoms with Gasteiger partial charge >= 0.3 is 5.97 Å². The number of carbonyl (C=O) groups is 2. The number of carbonyl (C=O) groups excluding carboxylic acids is 2. The van der Waals surface area contributed by atoms with Crippen molar-refractivity contribution in [2.75, 3.05) is 6.61 Å². The standard InChI is InChI=1S/C17H20O3Si/c1-5-20-14(18)11-13-15(12-9-7-6-8-10-12)17(16(13)19)21(2,3)4/h6-11H,5H2,1-4H3/b13-11+. The molecule has 0 saturated heterocycles. The maximum atomic E-state index is 12.4. The highest BCUT2D eigenvalue weighted by Gasteiger charge is 2.41. The molecule has 0 aromatic heterocycles. The second-order valence-corrected chi connectivity index (χ2v) is 11.0. The molecule has 1 aliphatic carbocycles.